The summed E-state index contributed by atoms with van der Waals surface area (Å²) in [4.78, 5) is 0. The van der Waals surface area contributed by atoms with E-state index in [-0.39, 0.29) is 16.9 Å². The minimum atomic E-state index is -3.59. The van der Waals surface area contributed by atoms with E-state index < -0.39 is 10.2 Å². The summed E-state index contributed by atoms with van der Waals surface area (Å²) in [7, 11) is -3.59. The van der Waals surface area contributed by atoms with Gasteiger partial charge in [-0.3, -0.25) is 0 Å². The summed E-state index contributed by atoms with van der Waals surface area (Å²) in [5.41, 5.74) is 0.125. The molecule has 2 saturated carbocycles. The van der Waals surface area contributed by atoms with Crippen molar-refractivity contribution < 1.29 is 8.42 Å². The quantitative estimate of drug-likeness (QED) is 0.745. The van der Waals surface area contributed by atoms with Gasteiger partial charge in [0.15, 0.2) is 0 Å². The van der Waals surface area contributed by atoms with Crippen LogP contribution in [-0.2, 0) is 10.2 Å². The lowest BCUT2D eigenvalue weighted by molar-refractivity contribution is 0.127. The molecule has 0 amide bonds. The Bertz CT molecular complexity index is 372. The molecule has 0 heterocycles. The van der Waals surface area contributed by atoms with Crippen LogP contribution in [-0.4, -0.2) is 14.5 Å². The van der Waals surface area contributed by atoms with Gasteiger partial charge in [0.25, 0.3) is 10.2 Å². The lowest BCUT2D eigenvalue weighted by atomic mass is 9.69. The van der Waals surface area contributed by atoms with E-state index in [9.17, 15) is 8.42 Å². The van der Waals surface area contributed by atoms with Crippen LogP contribution in [0.2, 0.25) is 0 Å². The molecule has 2 aliphatic rings. The molecule has 5 heteroatoms. The Labute approximate surface area is 91.8 Å². The SMILES string of the molecule is CC12CCC(C1)C(C)(C)C2NS(N)(=O)=O. The van der Waals surface area contributed by atoms with Gasteiger partial charge in [-0.1, -0.05) is 20.8 Å². The molecule has 0 aliphatic heterocycles. The van der Waals surface area contributed by atoms with Crippen LogP contribution >= 0.6 is 0 Å². The first-order valence-electron chi connectivity index (χ1n) is 5.45. The molecule has 88 valence electrons. The molecule has 0 saturated heterocycles. The minimum Gasteiger partial charge on any atom is -0.216 e. The van der Waals surface area contributed by atoms with Crippen LogP contribution in [0.15, 0.2) is 0 Å². The summed E-state index contributed by atoms with van der Waals surface area (Å²) in [6.45, 7) is 6.46. The number of nitrogens with one attached hydrogen (secondary N) is 1. The molecule has 2 aliphatic carbocycles. The Morgan fingerprint density at radius 1 is 1.33 bits per heavy atom. The molecule has 2 rings (SSSR count). The highest BCUT2D eigenvalue weighted by Crippen LogP contribution is 2.62. The minimum absolute atomic E-state index is 0.0150. The van der Waals surface area contributed by atoms with Crippen LogP contribution in [0.3, 0.4) is 0 Å². The molecule has 0 spiro atoms. The summed E-state index contributed by atoms with van der Waals surface area (Å²) in [6.07, 6.45) is 3.44. The summed E-state index contributed by atoms with van der Waals surface area (Å²) in [5.74, 6) is 0.627. The molecular formula is C10H20N2O2S. The molecule has 0 aromatic rings. The van der Waals surface area contributed by atoms with Crippen LogP contribution in [0.25, 0.3) is 0 Å². The van der Waals surface area contributed by atoms with E-state index in [1.165, 1.54) is 6.42 Å². The number of rotatable bonds is 2. The molecule has 3 N–H and O–H groups in total. The van der Waals surface area contributed by atoms with Gasteiger partial charge >= 0.3 is 0 Å². The third kappa shape index (κ3) is 1.70. The summed E-state index contributed by atoms with van der Waals surface area (Å²) in [6, 6.07) is -0.0150. The van der Waals surface area contributed by atoms with E-state index in [0.717, 1.165) is 12.8 Å². The average Bonchev–Trinajstić information content (AvgIpc) is 2.48. The monoisotopic (exact) mass is 232 g/mol. The highest BCUT2D eigenvalue weighted by atomic mass is 32.2. The van der Waals surface area contributed by atoms with E-state index in [4.69, 9.17) is 5.14 Å². The first-order chi connectivity index (χ1) is 6.65. The normalized spacial score (nSPS) is 43.5. The van der Waals surface area contributed by atoms with Crippen LogP contribution in [0.4, 0.5) is 0 Å². The van der Waals surface area contributed by atoms with Crippen molar-refractivity contribution in [3.63, 3.8) is 0 Å². The summed E-state index contributed by atoms with van der Waals surface area (Å²) in [5, 5.41) is 5.09. The maximum absolute atomic E-state index is 11.2. The zero-order chi connectivity index (χ0) is 11.5. The Balaban J connectivity index is 2.31. The molecule has 3 unspecified atom stereocenters. The fourth-order valence-corrected chi connectivity index (χ4v) is 4.68. The molecule has 0 radical (unpaired) electrons. The van der Waals surface area contributed by atoms with Crippen molar-refractivity contribution in [1.29, 1.82) is 0 Å². The van der Waals surface area contributed by atoms with Crippen LogP contribution in [0.5, 0.6) is 0 Å². The predicted molar refractivity (Wildman–Crippen MR) is 59.3 cm³/mol. The van der Waals surface area contributed by atoms with Crippen molar-refractivity contribution in [2.75, 3.05) is 0 Å². The first kappa shape index (κ1) is 11.4. The highest BCUT2D eigenvalue weighted by Gasteiger charge is 2.59. The smallest absolute Gasteiger partial charge is 0.216 e. The lowest BCUT2D eigenvalue weighted by Gasteiger charge is -2.42. The van der Waals surface area contributed by atoms with Crippen LogP contribution in [0.1, 0.15) is 40.0 Å². The van der Waals surface area contributed by atoms with Crippen LogP contribution in [0, 0.1) is 16.7 Å². The van der Waals surface area contributed by atoms with E-state index in [1.54, 1.807) is 0 Å². The molecule has 2 bridgehead atoms. The Morgan fingerprint density at radius 3 is 2.33 bits per heavy atom. The van der Waals surface area contributed by atoms with Gasteiger partial charge in [-0.2, -0.15) is 13.1 Å². The van der Waals surface area contributed by atoms with Gasteiger partial charge in [0, 0.05) is 6.04 Å². The zero-order valence-electron chi connectivity index (χ0n) is 9.58. The zero-order valence-corrected chi connectivity index (χ0v) is 10.4. The largest absolute Gasteiger partial charge is 0.274 e. The fraction of sp³-hybridized carbons (Fsp3) is 1.00. The molecule has 15 heavy (non-hydrogen) atoms. The Hall–Kier alpha value is -0.130. The Kier molecular flexibility index (Phi) is 2.24. The number of nitrogens with two attached hydrogens (primary N) is 1. The Morgan fingerprint density at radius 2 is 1.93 bits per heavy atom. The molecule has 2 fully saturated rings. The summed E-state index contributed by atoms with van der Waals surface area (Å²) < 4.78 is 25.0. The topological polar surface area (TPSA) is 72.2 Å². The van der Waals surface area contributed by atoms with Gasteiger partial charge in [-0.15, -0.1) is 0 Å². The predicted octanol–water partition coefficient (Wildman–Crippen LogP) is 0.994. The van der Waals surface area contributed by atoms with Crippen molar-refractivity contribution in [2.24, 2.45) is 21.9 Å². The average molecular weight is 232 g/mol. The van der Waals surface area contributed by atoms with Gasteiger partial charge in [-0.05, 0) is 36.0 Å². The number of hydrogen-bond acceptors (Lipinski definition) is 2. The van der Waals surface area contributed by atoms with Crippen molar-refractivity contribution in [2.45, 2.75) is 46.1 Å². The second-order valence-electron chi connectivity index (χ2n) is 6.01. The van der Waals surface area contributed by atoms with Gasteiger partial charge < -0.3 is 0 Å². The van der Waals surface area contributed by atoms with E-state index in [2.05, 4.69) is 25.5 Å². The van der Waals surface area contributed by atoms with E-state index in [0.29, 0.717) is 5.92 Å². The van der Waals surface area contributed by atoms with Crippen molar-refractivity contribution >= 4 is 10.2 Å². The molecule has 4 nitrogen and oxygen atoms in total. The fourth-order valence-electron chi connectivity index (χ4n) is 3.76. The van der Waals surface area contributed by atoms with Gasteiger partial charge in [0.2, 0.25) is 0 Å². The molecule has 0 aromatic heterocycles. The maximum atomic E-state index is 11.2. The van der Waals surface area contributed by atoms with Crippen molar-refractivity contribution in [3.8, 4) is 0 Å². The van der Waals surface area contributed by atoms with Gasteiger partial charge in [0.05, 0.1) is 0 Å². The maximum Gasteiger partial charge on any atom is 0.274 e. The van der Waals surface area contributed by atoms with Gasteiger partial charge in [-0.25, -0.2) is 5.14 Å². The second kappa shape index (κ2) is 2.96. The third-order valence-corrected chi connectivity index (χ3v) is 5.12. The standard InChI is InChI=1S/C10H20N2O2S/c1-9(2)7-4-5-10(3,6-7)8(9)12-15(11,13)14/h7-8,12H,4-6H2,1-3H3,(H2,11,13,14). The van der Waals surface area contributed by atoms with Gasteiger partial charge in [0.1, 0.15) is 0 Å². The number of hydrogen-bond donors (Lipinski definition) is 2. The van der Waals surface area contributed by atoms with Crippen molar-refractivity contribution in [3.05, 3.63) is 0 Å². The molecule has 3 atom stereocenters. The first-order valence-corrected chi connectivity index (χ1v) is 7.00. The second-order valence-corrected chi connectivity index (χ2v) is 7.34. The van der Waals surface area contributed by atoms with Crippen molar-refractivity contribution in [1.82, 2.24) is 4.72 Å². The van der Waals surface area contributed by atoms with Crippen LogP contribution < -0.4 is 9.86 Å². The lowest BCUT2D eigenvalue weighted by Crippen LogP contribution is -2.53. The summed E-state index contributed by atoms with van der Waals surface area (Å²) >= 11 is 0. The van der Waals surface area contributed by atoms with E-state index in [1.807, 2.05) is 0 Å². The number of fused-ring (bicyclic) bond motifs is 2. The highest BCUT2D eigenvalue weighted by molar-refractivity contribution is 7.87. The molecule has 0 aromatic carbocycles. The molecular weight excluding hydrogens is 212 g/mol. The third-order valence-electron chi connectivity index (χ3n) is 4.55. The van der Waals surface area contributed by atoms with E-state index >= 15 is 0 Å².